The van der Waals surface area contributed by atoms with Crippen molar-refractivity contribution in [3.63, 3.8) is 0 Å². The molecule has 0 aromatic heterocycles. The molecule has 0 amide bonds. The lowest BCUT2D eigenvalue weighted by molar-refractivity contribution is -0.177. The van der Waals surface area contributed by atoms with Gasteiger partial charge in [-0.1, -0.05) is 56.0 Å². The van der Waals surface area contributed by atoms with E-state index in [1.54, 1.807) is 0 Å². The molecule has 0 saturated heterocycles. The summed E-state index contributed by atoms with van der Waals surface area (Å²) in [6, 6.07) is 10.6. The summed E-state index contributed by atoms with van der Waals surface area (Å²) in [6.07, 6.45) is 8.52. The van der Waals surface area contributed by atoms with Crippen LogP contribution in [0.15, 0.2) is 30.3 Å². The highest BCUT2D eigenvalue weighted by atomic mass is 32.2. The number of carbonyl (C=O) groups excluding carboxylic acids is 2. The highest BCUT2D eigenvalue weighted by Gasteiger charge is 2.55. The Bertz CT molecular complexity index is 923. The molecule has 0 spiro atoms. The van der Waals surface area contributed by atoms with Crippen molar-refractivity contribution in [2.75, 3.05) is 26.4 Å². The lowest BCUT2D eigenvalue weighted by atomic mass is 9.66. The van der Waals surface area contributed by atoms with Gasteiger partial charge in [-0.3, -0.25) is 0 Å². The molecule has 2 fully saturated rings. The van der Waals surface area contributed by atoms with Crippen molar-refractivity contribution in [3.05, 3.63) is 35.9 Å². The summed E-state index contributed by atoms with van der Waals surface area (Å²) < 4.78 is 29.4. The Labute approximate surface area is 245 Å². The van der Waals surface area contributed by atoms with E-state index < -0.39 is 29.2 Å². The van der Waals surface area contributed by atoms with Crippen molar-refractivity contribution in [1.29, 1.82) is 0 Å². The molecule has 2 aliphatic carbocycles. The van der Waals surface area contributed by atoms with E-state index in [0.717, 1.165) is 44.3 Å². The van der Waals surface area contributed by atoms with Gasteiger partial charge in [0.2, 0.25) is 0 Å². The maximum Gasteiger partial charge on any atom is 0.332 e. The predicted molar refractivity (Wildman–Crippen MR) is 158 cm³/mol. The van der Waals surface area contributed by atoms with Gasteiger partial charge in [-0.25, -0.2) is 9.59 Å². The van der Waals surface area contributed by atoms with Crippen LogP contribution in [0.25, 0.3) is 0 Å². The first-order chi connectivity index (χ1) is 18.8. The van der Waals surface area contributed by atoms with Gasteiger partial charge in [0.1, 0.15) is 30.5 Å². The second-order valence-corrected chi connectivity index (χ2v) is 14.5. The van der Waals surface area contributed by atoms with E-state index in [-0.39, 0.29) is 36.8 Å². The second kappa shape index (κ2) is 14.5. The van der Waals surface area contributed by atoms with Crippen molar-refractivity contribution < 1.29 is 33.3 Å². The number of fused-ring (bicyclic) bond motifs is 1. The zero-order valence-electron chi connectivity index (χ0n) is 25.4. The van der Waals surface area contributed by atoms with Crippen LogP contribution in [0, 0.1) is 0 Å². The number of benzene rings is 1. The van der Waals surface area contributed by atoms with Crippen molar-refractivity contribution in [3.8, 4) is 0 Å². The molecule has 3 rings (SSSR count). The molecule has 2 aliphatic rings. The third kappa shape index (κ3) is 10.3. The molecule has 0 N–H and O–H groups in total. The standard InChI is InChI=1S/C32H50O7S/c1-29(2,3)38-27(33)22-35-20-26(36-23-28(34)39-30(4,5)6)21-37-31-16-10-12-18-32(31,19-13-11-17-31)40-24-25-14-8-7-9-15-25/h7-9,14-15,26H,10-13,16-24H2,1-6H3. The van der Waals surface area contributed by atoms with Crippen LogP contribution in [0.3, 0.4) is 0 Å². The third-order valence-corrected chi connectivity index (χ3v) is 9.17. The molecule has 7 nitrogen and oxygen atoms in total. The molecule has 226 valence electrons. The van der Waals surface area contributed by atoms with Crippen molar-refractivity contribution >= 4 is 23.7 Å². The minimum Gasteiger partial charge on any atom is -0.458 e. The average molecular weight is 579 g/mol. The highest BCUT2D eigenvalue weighted by Crippen LogP contribution is 2.57. The molecule has 1 unspecified atom stereocenters. The smallest absolute Gasteiger partial charge is 0.332 e. The van der Waals surface area contributed by atoms with Crippen molar-refractivity contribution in [2.24, 2.45) is 0 Å². The largest absolute Gasteiger partial charge is 0.458 e. The first-order valence-corrected chi connectivity index (χ1v) is 15.7. The van der Waals surface area contributed by atoms with Gasteiger partial charge in [-0.2, -0.15) is 0 Å². The van der Waals surface area contributed by atoms with Crippen LogP contribution in [-0.4, -0.2) is 66.0 Å². The average Bonchev–Trinajstić information content (AvgIpc) is 2.87. The Kier molecular flexibility index (Phi) is 11.9. The number of esters is 2. The van der Waals surface area contributed by atoms with Crippen molar-refractivity contribution in [1.82, 2.24) is 0 Å². The first kappa shape index (κ1) is 32.9. The molecular weight excluding hydrogens is 528 g/mol. The lowest BCUT2D eigenvalue weighted by Crippen LogP contribution is -2.58. The second-order valence-electron chi connectivity index (χ2n) is 13.1. The van der Waals surface area contributed by atoms with E-state index in [2.05, 4.69) is 42.1 Å². The molecule has 0 aliphatic heterocycles. The summed E-state index contributed by atoms with van der Waals surface area (Å²) >= 11 is 2.05. The number of thioether (sulfide) groups is 1. The van der Waals surface area contributed by atoms with Crippen LogP contribution in [0.5, 0.6) is 0 Å². The van der Waals surface area contributed by atoms with Crippen LogP contribution in [0.2, 0.25) is 0 Å². The van der Waals surface area contributed by atoms with Crippen molar-refractivity contribution in [2.45, 2.75) is 126 Å². The zero-order valence-corrected chi connectivity index (χ0v) is 26.2. The summed E-state index contributed by atoms with van der Waals surface area (Å²) in [7, 11) is 0. The lowest BCUT2D eigenvalue weighted by Gasteiger charge is -2.56. The van der Waals surface area contributed by atoms with Crippen LogP contribution in [0.1, 0.15) is 98.5 Å². The molecule has 0 radical (unpaired) electrons. The molecule has 1 aromatic rings. The Hall–Kier alpha value is -1.61. The van der Waals surface area contributed by atoms with Gasteiger partial charge in [0.25, 0.3) is 0 Å². The predicted octanol–water partition coefficient (Wildman–Crippen LogP) is 6.65. The monoisotopic (exact) mass is 578 g/mol. The minimum atomic E-state index is -0.599. The van der Waals surface area contributed by atoms with E-state index in [0.29, 0.717) is 0 Å². The maximum atomic E-state index is 12.4. The van der Waals surface area contributed by atoms with Gasteiger partial charge < -0.3 is 23.7 Å². The third-order valence-electron chi connectivity index (χ3n) is 7.36. The molecule has 0 bridgehead atoms. The topological polar surface area (TPSA) is 80.3 Å². The van der Waals surface area contributed by atoms with Gasteiger partial charge in [-0.15, -0.1) is 11.8 Å². The highest BCUT2D eigenvalue weighted by molar-refractivity contribution is 8.00. The Balaban J connectivity index is 1.68. The number of hydrogen-bond acceptors (Lipinski definition) is 8. The zero-order chi connectivity index (χ0) is 29.3. The Morgan fingerprint density at radius 3 is 1.93 bits per heavy atom. The molecule has 1 aromatic carbocycles. The fraction of sp³-hybridized carbons (Fsp3) is 0.750. The normalized spacial score (nSPS) is 24.1. The van der Waals surface area contributed by atoms with Crippen LogP contribution in [-0.2, 0) is 39.0 Å². The summed E-state index contributed by atoms with van der Waals surface area (Å²) in [5, 5.41) is 0. The molecular formula is C32H50O7S. The minimum absolute atomic E-state index is 0.0480. The molecule has 40 heavy (non-hydrogen) atoms. The summed E-state index contributed by atoms with van der Waals surface area (Å²) in [6.45, 7) is 10.9. The molecule has 8 heteroatoms. The summed E-state index contributed by atoms with van der Waals surface area (Å²) in [5.41, 5.74) is -0.0982. The van der Waals surface area contributed by atoms with Gasteiger partial charge in [0, 0.05) is 10.5 Å². The van der Waals surface area contributed by atoms with E-state index in [4.69, 9.17) is 23.7 Å². The van der Waals surface area contributed by atoms with E-state index in [9.17, 15) is 9.59 Å². The first-order valence-electron chi connectivity index (χ1n) is 14.8. The number of ether oxygens (including phenoxy) is 5. The fourth-order valence-electron chi connectivity index (χ4n) is 5.75. The molecule has 1 atom stereocenters. The maximum absolute atomic E-state index is 12.4. The molecule has 0 heterocycles. The van der Waals surface area contributed by atoms with Crippen LogP contribution in [0.4, 0.5) is 0 Å². The van der Waals surface area contributed by atoms with Gasteiger partial charge in [0.15, 0.2) is 0 Å². The molecule has 2 saturated carbocycles. The van der Waals surface area contributed by atoms with Gasteiger partial charge in [-0.05, 0) is 72.8 Å². The number of hydrogen-bond donors (Lipinski definition) is 0. The fourth-order valence-corrected chi connectivity index (χ4v) is 7.49. The van der Waals surface area contributed by atoms with Gasteiger partial charge >= 0.3 is 11.9 Å². The van der Waals surface area contributed by atoms with Gasteiger partial charge in [0.05, 0.1) is 18.8 Å². The number of rotatable bonds is 13. The summed E-state index contributed by atoms with van der Waals surface area (Å²) in [4.78, 5) is 24.6. The van der Waals surface area contributed by atoms with E-state index >= 15 is 0 Å². The SMILES string of the molecule is CC(C)(C)OC(=O)COCC(COC12CCCCC1(SCc1ccccc1)CCCC2)OCC(=O)OC(C)(C)C. The Morgan fingerprint density at radius 2 is 1.35 bits per heavy atom. The number of carbonyl (C=O) groups is 2. The van der Waals surface area contributed by atoms with E-state index in [1.807, 2.05) is 41.5 Å². The Morgan fingerprint density at radius 1 is 0.800 bits per heavy atom. The quantitative estimate of drug-likeness (QED) is 0.241. The van der Waals surface area contributed by atoms with Crippen LogP contribution >= 0.6 is 11.8 Å². The van der Waals surface area contributed by atoms with Crippen LogP contribution < -0.4 is 0 Å². The summed E-state index contributed by atoms with van der Waals surface area (Å²) in [5.74, 6) is 0.0865. The van der Waals surface area contributed by atoms with E-state index in [1.165, 1.54) is 18.4 Å².